The fourth-order valence-electron chi connectivity index (χ4n) is 4.17. The molecule has 4 rings (SSSR count). The van der Waals surface area contributed by atoms with Crippen molar-refractivity contribution in [1.82, 2.24) is 24.8 Å². The van der Waals surface area contributed by atoms with E-state index in [0.29, 0.717) is 55.1 Å². The predicted molar refractivity (Wildman–Crippen MR) is 106 cm³/mol. The average Bonchev–Trinajstić information content (AvgIpc) is 2.78. The Labute approximate surface area is 169 Å². The molecular formula is C21H25N5O3. The summed E-state index contributed by atoms with van der Waals surface area (Å²) in [6.07, 6.45) is 6.75. The molecule has 0 spiro atoms. The molecule has 8 heteroatoms. The van der Waals surface area contributed by atoms with Crippen molar-refractivity contribution < 1.29 is 9.59 Å². The van der Waals surface area contributed by atoms with E-state index >= 15 is 0 Å². The number of fused-ring (bicyclic) bond motifs is 1. The number of piperidine rings is 1. The lowest BCUT2D eigenvalue weighted by Crippen LogP contribution is -2.42. The summed E-state index contributed by atoms with van der Waals surface area (Å²) in [4.78, 5) is 53.1. The van der Waals surface area contributed by atoms with E-state index in [2.05, 4.69) is 9.97 Å². The highest BCUT2D eigenvalue weighted by molar-refractivity contribution is 5.94. The van der Waals surface area contributed by atoms with Gasteiger partial charge < -0.3 is 14.8 Å². The lowest BCUT2D eigenvalue weighted by atomic mass is 9.99. The molecule has 0 saturated carbocycles. The molecule has 29 heavy (non-hydrogen) atoms. The third kappa shape index (κ3) is 3.79. The van der Waals surface area contributed by atoms with Crippen LogP contribution in [0, 0.1) is 0 Å². The molecule has 1 atom stereocenters. The van der Waals surface area contributed by atoms with E-state index in [9.17, 15) is 14.4 Å². The second kappa shape index (κ2) is 8.14. The Bertz CT molecular complexity index is 972. The second-order valence-corrected chi connectivity index (χ2v) is 7.55. The first-order valence-electron chi connectivity index (χ1n) is 10.2. The fourth-order valence-corrected chi connectivity index (χ4v) is 4.17. The first-order valence-corrected chi connectivity index (χ1v) is 10.2. The monoisotopic (exact) mass is 395 g/mol. The number of rotatable bonds is 3. The Morgan fingerprint density at radius 1 is 1.28 bits per heavy atom. The number of amides is 2. The highest BCUT2D eigenvalue weighted by Crippen LogP contribution is 2.30. The van der Waals surface area contributed by atoms with Gasteiger partial charge in [0.1, 0.15) is 5.82 Å². The maximum atomic E-state index is 13.1. The number of aromatic nitrogens is 3. The van der Waals surface area contributed by atoms with Crippen LogP contribution in [0.5, 0.6) is 0 Å². The van der Waals surface area contributed by atoms with Crippen LogP contribution in [-0.2, 0) is 17.8 Å². The van der Waals surface area contributed by atoms with Crippen LogP contribution in [0.1, 0.15) is 66.1 Å². The van der Waals surface area contributed by atoms with E-state index in [0.717, 1.165) is 19.3 Å². The average molecular weight is 395 g/mol. The van der Waals surface area contributed by atoms with Crippen molar-refractivity contribution in [2.24, 2.45) is 0 Å². The molecule has 4 heterocycles. The molecular weight excluding hydrogens is 370 g/mol. The van der Waals surface area contributed by atoms with Crippen LogP contribution in [0.3, 0.4) is 0 Å². The Balaban J connectivity index is 1.66. The lowest BCUT2D eigenvalue weighted by Gasteiger charge is -2.36. The quantitative estimate of drug-likeness (QED) is 0.855. The minimum absolute atomic E-state index is 0.0605. The highest BCUT2D eigenvalue weighted by Gasteiger charge is 2.32. The topological polar surface area (TPSA) is 99.3 Å². The number of nitrogens with zero attached hydrogens (tertiary/aromatic N) is 4. The zero-order chi connectivity index (χ0) is 20.4. The summed E-state index contributed by atoms with van der Waals surface area (Å²) in [6.45, 7) is 3.33. The van der Waals surface area contributed by atoms with Gasteiger partial charge in [0.05, 0.1) is 23.8 Å². The van der Waals surface area contributed by atoms with Crippen LogP contribution in [0.15, 0.2) is 29.3 Å². The maximum Gasteiger partial charge on any atom is 0.256 e. The Hall–Kier alpha value is -3.03. The Morgan fingerprint density at radius 2 is 2.14 bits per heavy atom. The molecule has 0 aromatic carbocycles. The SMILES string of the molecule is CCC(=O)N1CCc2c(nc(C3CCCCN3C(=O)c3cccnc3)[nH]c2=O)C1. The van der Waals surface area contributed by atoms with E-state index in [1.54, 1.807) is 34.3 Å². The fraction of sp³-hybridized carbons (Fsp3) is 0.476. The molecule has 0 radical (unpaired) electrons. The van der Waals surface area contributed by atoms with Gasteiger partial charge in [-0.05, 0) is 37.8 Å². The number of carbonyl (C=O) groups excluding carboxylic acids is 2. The van der Waals surface area contributed by atoms with E-state index in [4.69, 9.17) is 4.98 Å². The van der Waals surface area contributed by atoms with E-state index in [1.807, 2.05) is 6.92 Å². The van der Waals surface area contributed by atoms with E-state index in [-0.39, 0.29) is 23.4 Å². The van der Waals surface area contributed by atoms with E-state index < -0.39 is 0 Å². The summed E-state index contributed by atoms with van der Waals surface area (Å²) in [7, 11) is 0. The number of aromatic amines is 1. The van der Waals surface area contributed by atoms with Gasteiger partial charge in [0.25, 0.3) is 11.5 Å². The summed E-state index contributed by atoms with van der Waals surface area (Å²) in [6, 6.07) is 3.20. The third-order valence-corrected chi connectivity index (χ3v) is 5.73. The van der Waals surface area contributed by atoms with Crippen LogP contribution in [0.2, 0.25) is 0 Å². The first-order chi connectivity index (χ1) is 14.1. The second-order valence-electron chi connectivity index (χ2n) is 7.55. The Kier molecular flexibility index (Phi) is 5.42. The van der Waals surface area contributed by atoms with Gasteiger partial charge in [-0.1, -0.05) is 6.92 Å². The van der Waals surface area contributed by atoms with Gasteiger partial charge in [-0.15, -0.1) is 0 Å². The van der Waals surface area contributed by atoms with Gasteiger partial charge in [-0.3, -0.25) is 19.4 Å². The van der Waals surface area contributed by atoms with Gasteiger partial charge in [0.2, 0.25) is 5.91 Å². The predicted octanol–water partition coefficient (Wildman–Crippen LogP) is 1.83. The van der Waals surface area contributed by atoms with Crippen LogP contribution in [0.4, 0.5) is 0 Å². The molecule has 1 fully saturated rings. The van der Waals surface area contributed by atoms with Crippen molar-refractivity contribution in [3.8, 4) is 0 Å². The largest absolute Gasteiger partial charge is 0.336 e. The minimum atomic E-state index is -0.285. The summed E-state index contributed by atoms with van der Waals surface area (Å²) < 4.78 is 0. The zero-order valence-electron chi connectivity index (χ0n) is 16.6. The van der Waals surface area contributed by atoms with E-state index in [1.165, 1.54) is 0 Å². The number of H-pyrrole nitrogens is 1. The van der Waals surface area contributed by atoms with Crippen molar-refractivity contribution in [1.29, 1.82) is 0 Å². The number of hydrogen-bond acceptors (Lipinski definition) is 5. The summed E-state index contributed by atoms with van der Waals surface area (Å²) in [5, 5.41) is 0. The zero-order valence-corrected chi connectivity index (χ0v) is 16.6. The molecule has 1 N–H and O–H groups in total. The van der Waals surface area contributed by atoms with Crippen molar-refractivity contribution in [3.05, 3.63) is 57.5 Å². The number of hydrogen-bond donors (Lipinski definition) is 1. The summed E-state index contributed by atoms with van der Waals surface area (Å²) in [5.41, 5.74) is 1.67. The normalized spacial score (nSPS) is 19.0. The van der Waals surface area contributed by atoms with Gasteiger partial charge in [0, 0.05) is 37.5 Å². The van der Waals surface area contributed by atoms with Crippen molar-refractivity contribution in [3.63, 3.8) is 0 Å². The van der Waals surface area contributed by atoms with Gasteiger partial charge in [-0.2, -0.15) is 0 Å². The molecule has 1 saturated heterocycles. The molecule has 2 aliphatic rings. The van der Waals surface area contributed by atoms with Crippen LogP contribution in [0.25, 0.3) is 0 Å². The smallest absolute Gasteiger partial charge is 0.256 e. The van der Waals surface area contributed by atoms with Crippen LogP contribution < -0.4 is 5.56 Å². The summed E-state index contributed by atoms with van der Waals surface area (Å²) in [5.74, 6) is 0.466. The van der Waals surface area contributed by atoms with Gasteiger partial charge in [0.15, 0.2) is 0 Å². The molecule has 152 valence electrons. The number of likely N-dealkylation sites (tertiary alicyclic amines) is 1. The number of carbonyl (C=O) groups is 2. The molecule has 2 aromatic rings. The standard InChI is InChI=1S/C21H25N5O3/c1-2-18(27)25-11-8-15-16(13-25)23-19(24-20(15)28)17-7-3-4-10-26(17)21(29)14-6-5-9-22-12-14/h5-6,9,12,17H,2-4,7-8,10-11,13H2,1H3,(H,23,24,28). The molecule has 8 nitrogen and oxygen atoms in total. The molecule has 0 bridgehead atoms. The van der Waals surface area contributed by atoms with Gasteiger partial charge >= 0.3 is 0 Å². The minimum Gasteiger partial charge on any atom is -0.336 e. The summed E-state index contributed by atoms with van der Waals surface area (Å²) >= 11 is 0. The van der Waals surface area contributed by atoms with Crippen molar-refractivity contribution >= 4 is 11.8 Å². The number of pyridine rings is 1. The van der Waals surface area contributed by atoms with Crippen LogP contribution in [-0.4, -0.2) is 49.7 Å². The Morgan fingerprint density at radius 3 is 2.90 bits per heavy atom. The first kappa shape index (κ1) is 19.3. The highest BCUT2D eigenvalue weighted by atomic mass is 16.2. The lowest BCUT2D eigenvalue weighted by molar-refractivity contribution is -0.131. The molecule has 2 aromatic heterocycles. The molecule has 1 unspecified atom stereocenters. The van der Waals surface area contributed by atoms with Gasteiger partial charge in [-0.25, -0.2) is 4.98 Å². The molecule has 0 aliphatic carbocycles. The van der Waals surface area contributed by atoms with Crippen molar-refractivity contribution in [2.45, 2.75) is 51.6 Å². The number of nitrogens with one attached hydrogen (secondary N) is 1. The van der Waals surface area contributed by atoms with Crippen LogP contribution >= 0.6 is 0 Å². The van der Waals surface area contributed by atoms with Crippen molar-refractivity contribution in [2.75, 3.05) is 13.1 Å². The third-order valence-electron chi connectivity index (χ3n) is 5.73. The molecule has 2 amide bonds. The molecule has 2 aliphatic heterocycles. The maximum absolute atomic E-state index is 13.1.